The minimum absolute atomic E-state index is 0.248. The summed E-state index contributed by atoms with van der Waals surface area (Å²) in [5.74, 6) is -3.10. The van der Waals surface area contributed by atoms with E-state index in [1.165, 1.54) is 12.1 Å². The largest absolute Gasteiger partial charge is 0.487 e. The number of pyridine rings is 1. The maximum Gasteiger partial charge on any atom is 0.347 e. The van der Waals surface area contributed by atoms with Gasteiger partial charge in [-0.2, -0.15) is 0 Å². The molecule has 3 N–H and O–H groups in total. The van der Waals surface area contributed by atoms with Crippen LogP contribution in [-0.2, 0) is 22.6 Å². The van der Waals surface area contributed by atoms with E-state index in [0.717, 1.165) is 16.6 Å². The van der Waals surface area contributed by atoms with Gasteiger partial charge in [-0.25, -0.2) is 14.6 Å². The Kier molecular flexibility index (Phi) is 5.05. The van der Waals surface area contributed by atoms with E-state index in [-0.39, 0.29) is 6.61 Å². The van der Waals surface area contributed by atoms with Gasteiger partial charge in [0.25, 0.3) is 5.60 Å². The van der Waals surface area contributed by atoms with Gasteiger partial charge in [-0.1, -0.05) is 36.4 Å². The summed E-state index contributed by atoms with van der Waals surface area (Å²) in [4.78, 5) is 26.6. The maximum atomic E-state index is 11.0. The highest BCUT2D eigenvalue weighted by Gasteiger charge is 2.44. The highest BCUT2D eigenvalue weighted by atomic mass is 16.5. The average molecular weight is 367 g/mol. The third kappa shape index (κ3) is 4.04. The van der Waals surface area contributed by atoms with Crippen molar-refractivity contribution >= 4 is 22.8 Å². The van der Waals surface area contributed by atoms with Crippen LogP contribution in [0.4, 0.5) is 0 Å². The van der Waals surface area contributed by atoms with Crippen molar-refractivity contribution in [1.82, 2.24) is 4.98 Å². The Morgan fingerprint density at radius 2 is 1.59 bits per heavy atom. The topological polar surface area (TPSA) is 117 Å². The molecule has 0 saturated carbocycles. The van der Waals surface area contributed by atoms with Crippen molar-refractivity contribution in [2.75, 3.05) is 0 Å². The first kappa shape index (κ1) is 18.3. The van der Waals surface area contributed by atoms with Crippen LogP contribution < -0.4 is 4.74 Å². The molecule has 0 bridgehead atoms. The van der Waals surface area contributed by atoms with Gasteiger partial charge >= 0.3 is 11.9 Å². The predicted octanol–water partition coefficient (Wildman–Crippen LogP) is 2.26. The number of carboxylic acids is 2. The summed E-state index contributed by atoms with van der Waals surface area (Å²) >= 11 is 0. The number of fused-ring (bicyclic) bond motifs is 1. The quantitative estimate of drug-likeness (QED) is 0.548. The Morgan fingerprint density at radius 3 is 2.26 bits per heavy atom. The molecule has 0 aliphatic heterocycles. The number of para-hydroxylation sites is 1. The molecule has 0 amide bonds. The number of ether oxygens (including phenoxy) is 1. The summed E-state index contributed by atoms with van der Waals surface area (Å²) in [5.41, 5.74) is -0.879. The number of carboxylic acid groups (broad SMARTS) is 2. The third-order valence-corrected chi connectivity index (χ3v) is 4.13. The molecule has 1 heterocycles. The van der Waals surface area contributed by atoms with Gasteiger partial charge < -0.3 is 20.1 Å². The molecular weight excluding hydrogens is 350 g/mol. The van der Waals surface area contributed by atoms with Crippen molar-refractivity contribution in [2.45, 2.75) is 18.6 Å². The minimum atomic E-state index is -2.86. The lowest BCUT2D eigenvalue weighted by molar-refractivity contribution is -0.175. The Bertz CT molecular complexity index is 969. The number of hydrogen-bond acceptors (Lipinski definition) is 5. The zero-order valence-corrected chi connectivity index (χ0v) is 14.2. The number of carbonyl (C=O) groups is 2. The Morgan fingerprint density at radius 1 is 0.926 bits per heavy atom. The van der Waals surface area contributed by atoms with E-state index in [0.29, 0.717) is 11.3 Å². The van der Waals surface area contributed by atoms with Gasteiger partial charge in [0, 0.05) is 11.8 Å². The van der Waals surface area contributed by atoms with Gasteiger partial charge in [0.1, 0.15) is 12.4 Å². The standard InChI is InChI=1S/C20H17NO6/c22-18(23)20(26,19(24)25)11-13-5-9-16(10-6-13)27-12-15-8-7-14-3-1-2-4-17(14)21-15/h1-10,26H,11-12H2,(H,22,23)(H,24,25). The minimum Gasteiger partial charge on any atom is -0.487 e. The molecule has 7 heteroatoms. The van der Waals surface area contributed by atoms with Crippen LogP contribution in [0.1, 0.15) is 11.3 Å². The Labute approximate surface area is 154 Å². The molecule has 2 aromatic carbocycles. The van der Waals surface area contributed by atoms with Crippen molar-refractivity contribution in [3.8, 4) is 5.75 Å². The molecule has 7 nitrogen and oxygen atoms in total. The number of aliphatic hydroxyl groups is 1. The highest BCUT2D eigenvalue weighted by molar-refractivity contribution is 6.01. The van der Waals surface area contributed by atoms with Gasteiger partial charge in [-0.05, 0) is 29.8 Å². The van der Waals surface area contributed by atoms with E-state index in [9.17, 15) is 14.7 Å². The molecule has 138 valence electrons. The summed E-state index contributed by atoms with van der Waals surface area (Å²) < 4.78 is 5.66. The molecule has 0 aliphatic rings. The number of aromatic nitrogens is 1. The second-order valence-corrected chi connectivity index (χ2v) is 6.08. The van der Waals surface area contributed by atoms with Crippen molar-refractivity contribution in [2.24, 2.45) is 0 Å². The molecule has 0 saturated heterocycles. The van der Waals surface area contributed by atoms with E-state index in [1.807, 2.05) is 36.4 Å². The van der Waals surface area contributed by atoms with E-state index < -0.39 is 24.0 Å². The third-order valence-electron chi connectivity index (χ3n) is 4.13. The molecule has 3 rings (SSSR count). The van der Waals surface area contributed by atoms with Crippen LogP contribution in [0.5, 0.6) is 5.75 Å². The number of benzene rings is 2. The van der Waals surface area contributed by atoms with Crippen LogP contribution in [-0.4, -0.2) is 37.8 Å². The fourth-order valence-corrected chi connectivity index (χ4v) is 2.59. The van der Waals surface area contributed by atoms with Crippen LogP contribution in [0.2, 0.25) is 0 Å². The summed E-state index contributed by atoms with van der Waals surface area (Å²) in [7, 11) is 0. The van der Waals surface area contributed by atoms with Crippen LogP contribution in [0, 0.1) is 0 Å². The predicted molar refractivity (Wildman–Crippen MR) is 96.4 cm³/mol. The summed E-state index contributed by atoms with van der Waals surface area (Å²) in [5, 5.41) is 28.7. The fraction of sp³-hybridized carbons (Fsp3) is 0.150. The second-order valence-electron chi connectivity index (χ2n) is 6.08. The van der Waals surface area contributed by atoms with E-state index in [2.05, 4.69) is 4.98 Å². The smallest absolute Gasteiger partial charge is 0.347 e. The van der Waals surface area contributed by atoms with Gasteiger partial charge in [0.2, 0.25) is 0 Å². The van der Waals surface area contributed by atoms with Gasteiger partial charge in [-0.3, -0.25) is 0 Å². The Balaban J connectivity index is 1.66. The molecule has 0 radical (unpaired) electrons. The highest BCUT2D eigenvalue weighted by Crippen LogP contribution is 2.19. The summed E-state index contributed by atoms with van der Waals surface area (Å²) in [6, 6.07) is 17.8. The average Bonchev–Trinajstić information content (AvgIpc) is 2.67. The first-order valence-corrected chi connectivity index (χ1v) is 8.14. The number of hydrogen-bond donors (Lipinski definition) is 3. The van der Waals surface area contributed by atoms with E-state index in [1.54, 1.807) is 12.1 Å². The zero-order chi connectivity index (χ0) is 19.4. The van der Waals surface area contributed by atoms with Gasteiger partial charge in [0.15, 0.2) is 0 Å². The zero-order valence-electron chi connectivity index (χ0n) is 14.2. The van der Waals surface area contributed by atoms with Crippen molar-refractivity contribution in [3.63, 3.8) is 0 Å². The molecule has 27 heavy (non-hydrogen) atoms. The van der Waals surface area contributed by atoms with Crippen molar-refractivity contribution in [3.05, 3.63) is 71.9 Å². The first-order chi connectivity index (χ1) is 12.9. The molecule has 0 unspecified atom stereocenters. The van der Waals surface area contributed by atoms with Crippen LogP contribution in [0.25, 0.3) is 10.9 Å². The van der Waals surface area contributed by atoms with Gasteiger partial charge in [0.05, 0.1) is 11.2 Å². The van der Waals surface area contributed by atoms with Crippen LogP contribution in [0.15, 0.2) is 60.7 Å². The molecule has 0 atom stereocenters. The molecule has 0 aliphatic carbocycles. The lowest BCUT2D eigenvalue weighted by Crippen LogP contribution is -2.48. The maximum absolute atomic E-state index is 11.0. The van der Waals surface area contributed by atoms with Crippen molar-refractivity contribution in [1.29, 1.82) is 0 Å². The SMILES string of the molecule is O=C(O)C(O)(Cc1ccc(OCc2ccc3ccccc3n2)cc1)C(=O)O. The van der Waals surface area contributed by atoms with E-state index in [4.69, 9.17) is 14.9 Å². The fourth-order valence-electron chi connectivity index (χ4n) is 2.59. The Hall–Kier alpha value is -3.45. The molecular formula is C20H17NO6. The second kappa shape index (κ2) is 7.43. The van der Waals surface area contributed by atoms with E-state index >= 15 is 0 Å². The summed E-state index contributed by atoms with van der Waals surface area (Å²) in [6.45, 7) is 0.248. The lowest BCUT2D eigenvalue weighted by Gasteiger charge is -2.18. The first-order valence-electron chi connectivity index (χ1n) is 8.14. The number of rotatable bonds is 7. The lowest BCUT2D eigenvalue weighted by atomic mass is 9.95. The van der Waals surface area contributed by atoms with Gasteiger partial charge in [-0.15, -0.1) is 0 Å². The molecule has 3 aromatic rings. The van der Waals surface area contributed by atoms with Crippen molar-refractivity contribution < 1.29 is 29.6 Å². The number of nitrogens with zero attached hydrogens (tertiary/aromatic N) is 1. The van der Waals surface area contributed by atoms with Crippen LogP contribution >= 0.6 is 0 Å². The summed E-state index contributed by atoms with van der Waals surface area (Å²) in [6.07, 6.45) is -0.551. The van der Waals surface area contributed by atoms with Crippen LogP contribution in [0.3, 0.4) is 0 Å². The normalized spacial score (nSPS) is 11.3. The monoisotopic (exact) mass is 367 g/mol. The molecule has 0 spiro atoms. The molecule has 0 fully saturated rings. The number of aliphatic carboxylic acids is 2. The molecule has 1 aromatic heterocycles.